The van der Waals surface area contributed by atoms with Crippen LogP contribution >= 0.6 is 11.3 Å². The summed E-state index contributed by atoms with van der Waals surface area (Å²) in [5.74, 6) is -0.503. The molecule has 0 radical (unpaired) electrons. The molecule has 3 heterocycles. The van der Waals surface area contributed by atoms with Crippen LogP contribution in [0.4, 0.5) is 5.13 Å². The van der Waals surface area contributed by atoms with Crippen LogP contribution < -0.4 is 5.32 Å². The van der Waals surface area contributed by atoms with Gasteiger partial charge in [-0.1, -0.05) is 48.5 Å². The predicted octanol–water partition coefficient (Wildman–Crippen LogP) is 4.59. The summed E-state index contributed by atoms with van der Waals surface area (Å²) in [6.45, 7) is 2.99. The van der Waals surface area contributed by atoms with Gasteiger partial charge in [-0.2, -0.15) is 0 Å². The minimum Gasteiger partial charge on any atom is -0.358 e. The summed E-state index contributed by atoms with van der Waals surface area (Å²) in [7, 11) is 0. The predicted molar refractivity (Wildman–Crippen MR) is 123 cm³/mol. The summed E-state index contributed by atoms with van der Waals surface area (Å²) in [5.41, 5.74) is 5.07. The van der Waals surface area contributed by atoms with E-state index in [4.69, 9.17) is 0 Å². The van der Waals surface area contributed by atoms with Crippen molar-refractivity contribution in [2.45, 2.75) is 19.9 Å². The Morgan fingerprint density at radius 1 is 1.19 bits per heavy atom. The Bertz CT molecular complexity index is 1260. The molecule has 7 heteroatoms. The number of amides is 2. The van der Waals surface area contributed by atoms with Gasteiger partial charge in [0, 0.05) is 47.1 Å². The summed E-state index contributed by atoms with van der Waals surface area (Å²) in [5, 5.41) is 6.54. The number of thiazole rings is 1. The monoisotopic (exact) mass is 430 g/mol. The summed E-state index contributed by atoms with van der Waals surface area (Å²) in [6, 6.07) is 18.0. The van der Waals surface area contributed by atoms with Gasteiger partial charge in [0.1, 0.15) is 0 Å². The Morgan fingerprint density at radius 2 is 1.97 bits per heavy atom. The number of aromatic nitrogens is 2. The average Bonchev–Trinajstić information content (AvgIpc) is 3.45. The maximum Gasteiger partial charge on any atom is 0.231 e. The number of carbonyl (C=O) groups excluding carboxylic acids is 2. The fourth-order valence-electron chi connectivity index (χ4n) is 4.16. The van der Waals surface area contributed by atoms with Crippen LogP contribution in [0.3, 0.4) is 0 Å². The van der Waals surface area contributed by atoms with Gasteiger partial charge in [0.2, 0.25) is 11.8 Å². The van der Waals surface area contributed by atoms with E-state index >= 15 is 0 Å². The van der Waals surface area contributed by atoms with Gasteiger partial charge in [-0.25, -0.2) is 4.98 Å². The number of para-hydroxylation sites is 1. The largest absolute Gasteiger partial charge is 0.358 e. The number of aromatic amines is 1. The molecule has 2 aromatic heterocycles. The molecule has 1 atom stereocenters. The first-order valence-electron chi connectivity index (χ1n) is 10.2. The smallest absolute Gasteiger partial charge is 0.231 e. The number of hydrogen-bond donors (Lipinski definition) is 2. The van der Waals surface area contributed by atoms with E-state index in [0.717, 1.165) is 33.4 Å². The lowest BCUT2D eigenvalue weighted by atomic mass is 10.1. The van der Waals surface area contributed by atoms with Crippen molar-refractivity contribution in [3.05, 3.63) is 71.2 Å². The molecular formula is C24H22N4O2S. The zero-order valence-corrected chi connectivity index (χ0v) is 17.9. The molecule has 1 fully saturated rings. The van der Waals surface area contributed by atoms with E-state index in [9.17, 15) is 9.59 Å². The highest BCUT2D eigenvalue weighted by molar-refractivity contribution is 7.14. The maximum absolute atomic E-state index is 12.8. The molecule has 0 bridgehead atoms. The van der Waals surface area contributed by atoms with Crippen LogP contribution in [0.2, 0.25) is 0 Å². The summed E-state index contributed by atoms with van der Waals surface area (Å²) in [6.07, 6.45) is 0.235. The van der Waals surface area contributed by atoms with Crippen LogP contribution in [-0.2, 0) is 16.1 Å². The first-order valence-corrected chi connectivity index (χ1v) is 11.1. The highest BCUT2D eigenvalue weighted by atomic mass is 32.1. The first-order chi connectivity index (χ1) is 15.1. The number of rotatable bonds is 5. The van der Waals surface area contributed by atoms with Gasteiger partial charge in [-0.15, -0.1) is 11.3 Å². The Balaban J connectivity index is 1.28. The van der Waals surface area contributed by atoms with Crippen molar-refractivity contribution >= 4 is 39.2 Å². The van der Waals surface area contributed by atoms with Crippen LogP contribution in [0.25, 0.3) is 22.2 Å². The Hall–Kier alpha value is -3.45. The Labute approximate surface area is 183 Å². The van der Waals surface area contributed by atoms with Gasteiger partial charge in [-0.05, 0) is 18.6 Å². The van der Waals surface area contributed by atoms with Crippen molar-refractivity contribution in [2.75, 3.05) is 11.9 Å². The van der Waals surface area contributed by atoms with Gasteiger partial charge in [-0.3, -0.25) is 9.59 Å². The number of fused-ring (bicyclic) bond motifs is 1. The summed E-state index contributed by atoms with van der Waals surface area (Å²) < 4.78 is 0. The fraction of sp³-hybridized carbons (Fsp3) is 0.208. The number of hydrogen-bond acceptors (Lipinski definition) is 4. The van der Waals surface area contributed by atoms with Crippen molar-refractivity contribution in [1.29, 1.82) is 0 Å². The third kappa shape index (κ3) is 3.84. The van der Waals surface area contributed by atoms with Gasteiger partial charge in [0.05, 0.1) is 11.6 Å². The molecule has 1 unspecified atom stereocenters. The zero-order valence-electron chi connectivity index (χ0n) is 17.1. The second-order valence-corrected chi connectivity index (χ2v) is 8.72. The van der Waals surface area contributed by atoms with E-state index in [1.54, 1.807) is 4.90 Å². The molecule has 4 aromatic rings. The van der Waals surface area contributed by atoms with Crippen LogP contribution in [0.1, 0.15) is 17.7 Å². The molecule has 0 spiro atoms. The molecule has 0 aliphatic carbocycles. The Kier molecular flexibility index (Phi) is 5.03. The number of benzene rings is 2. The number of nitrogens with one attached hydrogen (secondary N) is 2. The van der Waals surface area contributed by atoms with Crippen LogP contribution in [0.15, 0.2) is 60.0 Å². The number of aryl methyl sites for hydroxylation is 1. The van der Waals surface area contributed by atoms with Gasteiger partial charge in [0.15, 0.2) is 5.13 Å². The molecule has 1 aliphatic heterocycles. The molecule has 6 nitrogen and oxygen atoms in total. The average molecular weight is 431 g/mol. The third-order valence-corrected chi connectivity index (χ3v) is 6.44. The van der Waals surface area contributed by atoms with E-state index < -0.39 is 0 Å². The van der Waals surface area contributed by atoms with E-state index in [1.807, 2.05) is 60.8 Å². The quantitative estimate of drug-likeness (QED) is 0.486. The SMILES string of the molecule is Cc1[nH]c2ccccc2c1-c1csc(NC(=O)C2CC(=O)N(Cc3ccccc3)C2)n1. The van der Waals surface area contributed by atoms with E-state index in [-0.39, 0.29) is 24.2 Å². The molecule has 1 saturated heterocycles. The number of likely N-dealkylation sites (tertiary alicyclic amines) is 1. The second-order valence-electron chi connectivity index (χ2n) is 7.86. The molecule has 0 saturated carbocycles. The molecule has 2 N–H and O–H groups in total. The van der Waals surface area contributed by atoms with Crippen molar-refractivity contribution in [3.63, 3.8) is 0 Å². The lowest BCUT2D eigenvalue weighted by molar-refractivity contribution is -0.128. The van der Waals surface area contributed by atoms with E-state index in [0.29, 0.717) is 18.2 Å². The van der Waals surface area contributed by atoms with Crippen molar-refractivity contribution in [3.8, 4) is 11.3 Å². The molecule has 31 heavy (non-hydrogen) atoms. The zero-order chi connectivity index (χ0) is 21.4. The summed E-state index contributed by atoms with van der Waals surface area (Å²) >= 11 is 1.40. The highest BCUT2D eigenvalue weighted by Gasteiger charge is 2.34. The molecule has 156 valence electrons. The number of H-pyrrole nitrogens is 1. The van der Waals surface area contributed by atoms with Gasteiger partial charge < -0.3 is 15.2 Å². The molecular weight excluding hydrogens is 408 g/mol. The number of carbonyl (C=O) groups is 2. The minimum absolute atomic E-state index is 0.0123. The second kappa shape index (κ2) is 8.00. The molecule has 5 rings (SSSR count). The fourth-order valence-corrected chi connectivity index (χ4v) is 4.87. The molecule has 1 aliphatic rings. The van der Waals surface area contributed by atoms with Crippen molar-refractivity contribution < 1.29 is 9.59 Å². The normalized spacial score (nSPS) is 16.2. The maximum atomic E-state index is 12.8. The highest BCUT2D eigenvalue weighted by Crippen LogP contribution is 2.34. The molecule has 2 aromatic carbocycles. The van der Waals surface area contributed by atoms with E-state index in [1.165, 1.54) is 11.3 Å². The summed E-state index contributed by atoms with van der Waals surface area (Å²) in [4.78, 5) is 35.0. The first kappa shape index (κ1) is 19.5. The van der Waals surface area contributed by atoms with Gasteiger partial charge >= 0.3 is 0 Å². The minimum atomic E-state index is -0.363. The van der Waals surface area contributed by atoms with Crippen molar-refractivity contribution in [2.24, 2.45) is 5.92 Å². The van der Waals surface area contributed by atoms with Crippen LogP contribution in [0.5, 0.6) is 0 Å². The topological polar surface area (TPSA) is 78.1 Å². The van der Waals surface area contributed by atoms with Gasteiger partial charge in [0.25, 0.3) is 0 Å². The van der Waals surface area contributed by atoms with Crippen molar-refractivity contribution in [1.82, 2.24) is 14.9 Å². The third-order valence-electron chi connectivity index (χ3n) is 5.69. The van der Waals surface area contributed by atoms with Crippen LogP contribution in [0, 0.1) is 12.8 Å². The Morgan fingerprint density at radius 3 is 2.81 bits per heavy atom. The lowest BCUT2D eigenvalue weighted by Gasteiger charge is -2.16. The standard InChI is InChI=1S/C24H22N4O2S/c1-15-22(18-9-5-6-10-19(18)25-15)20-14-31-24(26-20)27-23(30)17-11-21(29)28(13-17)12-16-7-3-2-4-8-16/h2-10,14,17,25H,11-13H2,1H3,(H,26,27,30). The molecule has 2 amide bonds. The lowest BCUT2D eigenvalue weighted by Crippen LogP contribution is -2.28. The van der Waals surface area contributed by atoms with E-state index in [2.05, 4.69) is 21.4 Å². The number of anilines is 1. The number of nitrogens with zero attached hydrogens (tertiary/aromatic N) is 2. The van der Waals surface area contributed by atoms with Crippen LogP contribution in [-0.4, -0.2) is 33.2 Å².